The fraction of sp³-hybridized carbons (Fsp3) is 0.156. The lowest BCUT2D eigenvalue weighted by molar-refractivity contribution is -0.140. The number of benzene rings is 3. The van der Waals surface area contributed by atoms with Gasteiger partial charge < -0.3 is 19.5 Å². The summed E-state index contributed by atoms with van der Waals surface area (Å²) in [6.45, 7) is 2.63. The van der Waals surface area contributed by atoms with Gasteiger partial charge in [0, 0.05) is 24.5 Å². The van der Waals surface area contributed by atoms with Crippen LogP contribution in [0.2, 0.25) is 0 Å². The van der Waals surface area contributed by atoms with Gasteiger partial charge in [-0.3, -0.25) is 14.6 Å². The van der Waals surface area contributed by atoms with E-state index in [0.29, 0.717) is 29.2 Å². The number of aliphatic hydroxyl groups is 1. The summed E-state index contributed by atoms with van der Waals surface area (Å²) in [6.07, 6.45) is 3.27. The van der Waals surface area contributed by atoms with Crippen LogP contribution in [0.15, 0.2) is 103 Å². The molecule has 0 aliphatic carbocycles. The third-order valence-corrected chi connectivity index (χ3v) is 6.86. The number of aryl methyl sites for hydroxylation is 1. The zero-order chi connectivity index (χ0) is 27.4. The Morgan fingerprint density at radius 2 is 1.56 bits per heavy atom. The standard InChI is InChI=1S/C32H28N2O5/c1-21-5-3-4-6-25(21)20-39-27-13-9-24(10-14-27)30(35)28-29(23-7-11-26(38-2)12-8-23)34(32(37)31(28)36)19-22-15-17-33-18-16-22/h3-18,29,35H,19-20H2,1-2H3/b30-28-. The number of likely N-dealkylation sites (tertiary alicyclic amines) is 1. The van der Waals surface area contributed by atoms with E-state index in [1.807, 2.05) is 31.2 Å². The summed E-state index contributed by atoms with van der Waals surface area (Å²) in [5.41, 5.74) is 4.18. The summed E-state index contributed by atoms with van der Waals surface area (Å²) in [5, 5.41) is 11.4. The minimum Gasteiger partial charge on any atom is -0.507 e. The summed E-state index contributed by atoms with van der Waals surface area (Å²) in [6, 6.07) is 24.8. The number of nitrogens with zero attached hydrogens (tertiary/aromatic N) is 2. The van der Waals surface area contributed by atoms with Crippen LogP contribution in [0.1, 0.15) is 33.9 Å². The van der Waals surface area contributed by atoms with Crippen LogP contribution in [0, 0.1) is 6.92 Å². The summed E-state index contributed by atoms with van der Waals surface area (Å²) in [7, 11) is 1.57. The minimum atomic E-state index is -0.777. The second-order valence-corrected chi connectivity index (χ2v) is 9.30. The molecule has 1 unspecified atom stereocenters. The number of aliphatic hydroxyl groups excluding tert-OH is 1. The van der Waals surface area contributed by atoms with Crippen molar-refractivity contribution in [2.75, 3.05) is 7.11 Å². The molecule has 1 fully saturated rings. The van der Waals surface area contributed by atoms with E-state index in [-0.39, 0.29) is 17.9 Å². The van der Waals surface area contributed by atoms with Gasteiger partial charge in [-0.1, -0.05) is 36.4 Å². The Balaban J connectivity index is 1.48. The number of hydrogen-bond acceptors (Lipinski definition) is 6. The van der Waals surface area contributed by atoms with Crippen LogP contribution in [0.5, 0.6) is 11.5 Å². The molecule has 0 saturated carbocycles. The first-order valence-corrected chi connectivity index (χ1v) is 12.6. The fourth-order valence-corrected chi connectivity index (χ4v) is 4.66. The molecular weight excluding hydrogens is 492 g/mol. The van der Waals surface area contributed by atoms with Crippen LogP contribution in [0.3, 0.4) is 0 Å². The van der Waals surface area contributed by atoms with Crippen molar-refractivity contribution in [1.82, 2.24) is 9.88 Å². The van der Waals surface area contributed by atoms with Gasteiger partial charge in [-0.2, -0.15) is 0 Å². The van der Waals surface area contributed by atoms with Gasteiger partial charge >= 0.3 is 0 Å². The van der Waals surface area contributed by atoms with Crippen LogP contribution in [-0.4, -0.2) is 33.8 Å². The van der Waals surface area contributed by atoms with Crippen molar-refractivity contribution in [3.05, 3.63) is 131 Å². The predicted molar refractivity (Wildman–Crippen MR) is 147 cm³/mol. The van der Waals surface area contributed by atoms with E-state index < -0.39 is 17.7 Å². The van der Waals surface area contributed by atoms with Crippen molar-refractivity contribution in [3.8, 4) is 11.5 Å². The summed E-state index contributed by atoms with van der Waals surface area (Å²) >= 11 is 0. The zero-order valence-electron chi connectivity index (χ0n) is 21.7. The van der Waals surface area contributed by atoms with Gasteiger partial charge in [-0.05, 0) is 77.7 Å². The van der Waals surface area contributed by atoms with Gasteiger partial charge in [0.2, 0.25) is 0 Å². The molecule has 1 amide bonds. The highest BCUT2D eigenvalue weighted by atomic mass is 16.5. The lowest BCUT2D eigenvalue weighted by atomic mass is 9.95. The summed E-state index contributed by atoms with van der Waals surface area (Å²) in [4.78, 5) is 32.1. The van der Waals surface area contributed by atoms with E-state index in [9.17, 15) is 14.7 Å². The number of Topliss-reactive ketones (excluding diaryl/α,β-unsaturated/α-hetero) is 1. The monoisotopic (exact) mass is 520 g/mol. The van der Waals surface area contributed by atoms with Gasteiger partial charge in [-0.25, -0.2) is 0 Å². The molecule has 7 heteroatoms. The maximum atomic E-state index is 13.3. The predicted octanol–water partition coefficient (Wildman–Crippen LogP) is 5.60. The Labute approximate surface area is 227 Å². The number of pyridine rings is 1. The first-order valence-electron chi connectivity index (χ1n) is 12.6. The smallest absolute Gasteiger partial charge is 0.295 e. The molecule has 1 aromatic heterocycles. The Bertz CT molecular complexity index is 1510. The van der Waals surface area contributed by atoms with Gasteiger partial charge in [0.15, 0.2) is 0 Å². The highest BCUT2D eigenvalue weighted by Crippen LogP contribution is 2.40. The Kier molecular flexibility index (Phi) is 7.41. The van der Waals surface area contributed by atoms with Crippen LogP contribution in [0.25, 0.3) is 5.76 Å². The molecule has 1 atom stereocenters. The third kappa shape index (κ3) is 5.38. The summed E-state index contributed by atoms with van der Waals surface area (Å²) < 4.78 is 11.2. The normalized spacial score (nSPS) is 16.4. The minimum absolute atomic E-state index is 0.0350. The molecule has 39 heavy (non-hydrogen) atoms. The van der Waals surface area contributed by atoms with Gasteiger partial charge in [-0.15, -0.1) is 0 Å². The van der Waals surface area contributed by atoms with Crippen molar-refractivity contribution in [2.24, 2.45) is 0 Å². The first-order chi connectivity index (χ1) is 19.0. The van der Waals surface area contributed by atoms with Crippen LogP contribution in [-0.2, 0) is 22.7 Å². The number of aromatic nitrogens is 1. The topological polar surface area (TPSA) is 89.0 Å². The molecule has 0 radical (unpaired) electrons. The number of methoxy groups -OCH3 is 1. The fourth-order valence-electron chi connectivity index (χ4n) is 4.66. The third-order valence-electron chi connectivity index (χ3n) is 6.86. The first kappa shape index (κ1) is 25.7. The van der Waals surface area contributed by atoms with Gasteiger partial charge in [0.25, 0.3) is 11.7 Å². The van der Waals surface area contributed by atoms with Gasteiger partial charge in [0.05, 0.1) is 18.7 Å². The van der Waals surface area contributed by atoms with E-state index in [4.69, 9.17) is 9.47 Å². The molecule has 5 rings (SSSR count). The van der Waals surface area contributed by atoms with E-state index >= 15 is 0 Å². The Morgan fingerprint density at radius 1 is 0.897 bits per heavy atom. The second kappa shape index (κ2) is 11.2. The quantitative estimate of drug-likeness (QED) is 0.185. The zero-order valence-corrected chi connectivity index (χ0v) is 21.7. The Hall–Kier alpha value is -4.91. The number of amides is 1. The molecule has 2 heterocycles. The molecule has 0 spiro atoms. The summed E-state index contributed by atoms with van der Waals surface area (Å²) in [5.74, 6) is -0.378. The molecule has 1 saturated heterocycles. The SMILES string of the molecule is COc1ccc(C2/C(=C(/O)c3ccc(OCc4ccccc4C)cc3)C(=O)C(=O)N2Cc2ccncc2)cc1. The highest BCUT2D eigenvalue weighted by Gasteiger charge is 2.46. The van der Waals surface area contributed by atoms with E-state index in [1.54, 1.807) is 80.2 Å². The van der Waals surface area contributed by atoms with Crippen LogP contribution >= 0.6 is 0 Å². The van der Waals surface area contributed by atoms with Crippen molar-refractivity contribution in [2.45, 2.75) is 26.1 Å². The highest BCUT2D eigenvalue weighted by molar-refractivity contribution is 6.46. The average molecular weight is 521 g/mol. The number of ether oxygens (including phenoxy) is 2. The number of rotatable bonds is 8. The molecule has 0 bridgehead atoms. The molecule has 4 aromatic rings. The van der Waals surface area contributed by atoms with Crippen molar-refractivity contribution in [3.63, 3.8) is 0 Å². The maximum Gasteiger partial charge on any atom is 0.295 e. The molecule has 1 N–H and O–H groups in total. The molecule has 3 aromatic carbocycles. The van der Waals surface area contributed by atoms with E-state index in [2.05, 4.69) is 4.98 Å². The number of ketones is 1. The number of hydrogen-bond donors (Lipinski definition) is 1. The molecular formula is C32H28N2O5. The molecule has 1 aliphatic rings. The lowest BCUT2D eigenvalue weighted by Crippen LogP contribution is -2.29. The van der Waals surface area contributed by atoms with E-state index in [0.717, 1.165) is 16.7 Å². The van der Waals surface area contributed by atoms with Crippen molar-refractivity contribution in [1.29, 1.82) is 0 Å². The van der Waals surface area contributed by atoms with E-state index in [1.165, 1.54) is 4.90 Å². The van der Waals surface area contributed by atoms with Crippen molar-refractivity contribution < 1.29 is 24.2 Å². The molecule has 1 aliphatic heterocycles. The largest absolute Gasteiger partial charge is 0.507 e. The maximum absolute atomic E-state index is 13.3. The molecule has 7 nitrogen and oxygen atoms in total. The Morgan fingerprint density at radius 3 is 2.23 bits per heavy atom. The average Bonchev–Trinajstić information content (AvgIpc) is 3.22. The number of carbonyl (C=O) groups is 2. The molecule has 196 valence electrons. The van der Waals surface area contributed by atoms with Crippen molar-refractivity contribution >= 4 is 17.4 Å². The van der Waals surface area contributed by atoms with Crippen LogP contribution < -0.4 is 9.47 Å². The van der Waals surface area contributed by atoms with Crippen LogP contribution in [0.4, 0.5) is 0 Å². The number of carbonyl (C=O) groups excluding carboxylic acids is 2. The second-order valence-electron chi connectivity index (χ2n) is 9.30. The lowest BCUT2D eigenvalue weighted by Gasteiger charge is -2.25. The van der Waals surface area contributed by atoms with Gasteiger partial charge in [0.1, 0.15) is 23.9 Å².